The van der Waals surface area contributed by atoms with Crippen molar-refractivity contribution in [2.75, 3.05) is 5.75 Å². The Kier molecular flexibility index (Phi) is 5.87. The molecule has 108 valence electrons. The molecule has 0 N–H and O–H groups in total. The van der Waals surface area contributed by atoms with Crippen molar-refractivity contribution in [2.45, 2.75) is 50.3 Å². The van der Waals surface area contributed by atoms with Crippen molar-refractivity contribution < 1.29 is 8.42 Å². The van der Waals surface area contributed by atoms with Crippen LogP contribution in [0, 0.1) is 5.92 Å². The molecule has 0 spiro atoms. The quantitative estimate of drug-likeness (QED) is 0.737. The van der Waals surface area contributed by atoms with Gasteiger partial charge in [-0.3, -0.25) is 0 Å². The van der Waals surface area contributed by atoms with E-state index >= 15 is 0 Å². The molecule has 2 atom stereocenters. The fourth-order valence-electron chi connectivity index (χ4n) is 2.55. The van der Waals surface area contributed by atoms with Crippen molar-refractivity contribution in [1.82, 2.24) is 0 Å². The molecule has 2 nitrogen and oxygen atoms in total. The van der Waals surface area contributed by atoms with Crippen LogP contribution in [0.1, 0.15) is 45.6 Å². The third-order valence-corrected chi connectivity index (χ3v) is 5.56. The van der Waals surface area contributed by atoms with Gasteiger partial charge in [-0.15, -0.1) is 11.6 Å². The third-order valence-electron chi connectivity index (χ3n) is 3.30. The van der Waals surface area contributed by atoms with Gasteiger partial charge in [0.15, 0.2) is 9.84 Å². The van der Waals surface area contributed by atoms with Gasteiger partial charge in [0.25, 0.3) is 0 Å². The highest BCUT2D eigenvalue weighted by atomic mass is 35.5. The Balaban J connectivity index is 3.37. The summed E-state index contributed by atoms with van der Waals surface area (Å²) in [6, 6.07) is 7.26. The maximum atomic E-state index is 12.4. The number of hydrogen-bond acceptors (Lipinski definition) is 2. The van der Waals surface area contributed by atoms with E-state index in [2.05, 4.69) is 13.8 Å². The first kappa shape index (κ1) is 16.5. The summed E-state index contributed by atoms with van der Waals surface area (Å²) in [5.74, 6) is 0.529. The van der Waals surface area contributed by atoms with Gasteiger partial charge in [0.1, 0.15) is 0 Å². The zero-order valence-corrected chi connectivity index (χ0v) is 13.6. The molecule has 0 aromatic heterocycles. The largest absolute Gasteiger partial charge is 0.224 e. The van der Waals surface area contributed by atoms with Crippen LogP contribution in [0.2, 0.25) is 0 Å². The van der Waals surface area contributed by atoms with Crippen LogP contribution in [0.5, 0.6) is 0 Å². The number of halogens is 1. The predicted molar refractivity (Wildman–Crippen MR) is 81.7 cm³/mol. The molecular weight excluding hydrogens is 280 g/mol. The Morgan fingerprint density at radius 3 is 2.21 bits per heavy atom. The maximum Gasteiger partial charge on any atom is 0.178 e. The Labute approximate surface area is 122 Å². The molecule has 0 heterocycles. The summed E-state index contributed by atoms with van der Waals surface area (Å²) in [6.45, 7) is 7.96. The van der Waals surface area contributed by atoms with Crippen LogP contribution in [0.4, 0.5) is 0 Å². The number of sulfone groups is 1. The molecule has 1 aromatic rings. The lowest BCUT2D eigenvalue weighted by atomic mass is 9.86. The second kappa shape index (κ2) is 6.76. The van der Waals surface area contributed by atoms with Gasteiger partial charge in [-0.2, -0.15) is 0 Å². The minimum Gasteiger partial charge on any atom is -0.224 e. The van der Waals surface area contributed by atoms with Gasteiger partial charge in [-0.25, -0.2) is 8.42 Å². The van der Waals surface area contributed by atoms with Gasteiger partial charge in [0.2, 0.25) is 0 Å². The minimum absolute atomic E-state index is 0.0458. The Morgan fingerprint density at radius 1 is 1.16 bits per heavy atom. The fourth-order valence-corrected chi connectivity index (χ4v) is 4.59. The first-order chi connectivity index (χ1) is 8.81. The lowest BCUT2D eigenvalue weighted by Crippen LogP contribution is -2.20. The summed E-state index contributed by atoms with van der Waals surface area (Å²) in [5.41, 5.74) is 0.855. The molecule has 4 heteroatoms. The van der Waals surface area contributed by atoms with E-state index in [1.807, 2.05) is 26.0 Å². The molecule has 0 aliphatic heterocycles. The highest BCUT2D eigenvalue weighted by molar-refractivity contribution is 7.91. The normalized spacial score (nSPS) is 15.5. The minimum atomic E-state index is -3.21. The average Bonchev–Trinajstić information content (AvgIpc) is 2.28. The molecule has 0 radical (unpaired) electrons. The molecule has 2 unspecified atom stereocenters. The second-order valence-electron chi connectivity index (χ2n) is 5.30. The van der Waals surface area contributed by atoms with Crippen LogP contribution >= 0.6 is 11.6 Å². The van der Waals surface area contributed by atoms with E-state index in [9.17, 15) is 8.42 Å². The highest BCUT2D eigenvalue weighted by Gasteiger charge is 2.27. The summed E-state index contributed by atoms with van der Waals surface area (Å²) in [5, 5.41) is -0.0991. The van der Waals surface area contributed by atoms with E-state index in [4.69, 9.17) is 11.6 Å². The standard InChI is InChI=1S/C15H23ClO2S/c1-5-10-19(17,18)14-9-7-6-8-13(14)15(11(2)3)12(4)16/h6-9,11-12,15H,5,10H2,1-4H3. The van der Waals surface area contributed by atoms with E-state index < -0.39 is 9.84 Å². The molecule has 1 aromatic carbocycles. The smallest absolute Gasteiger partial charge is 0.178 e. The van der Waals surface area contributed by atoms with E-state index in [1.54, 1.807) is 12.1 Å². The molecule has 0 bridgehead atoms. The van der Waals surface area contributed by atoms with Gasteiger partial charge in [-0.1, -0.05) is 39.0 Å². The van der Waals surface area contributed by atoms with Crippen LogP contribution in [0.3, 0.4) is 0 Å². The molecule has 0 fully saturated rings. The van der Waals surface area contributed by atoms with Gasteiger partial charge in [0.05, 0.1) is 10.6 Å². The summed E-state index contributed by atoms with van der Waals surface area (Å²) in [7, 11) is -3.21. The molecular formula is C15H23ClO2S. The van der Waals surface area contributed by atoms with Gasteiger partial charge in [-0.05, 0) is 30.9 Å². The molecule has 0 aliphatic rings. The van der Waals surface area contributed by atoms with Crippen LogP contribution in [0.25, 0.3) is 0 Å². The highest BCUT2D eigenvalue weighted by Crippen LogP contribution is 2.35. The zero-order valence-electron chi connectivity index (χ0n) is 12.1. The first-order valence-electron chi connectivity index (χ1n) is 6.77. The van der Waals surface area contributed by atoms with E-state index in [-0.39, 0.29) is 17.0 Å². The SMILES string of the molecule is CCCS(=O)(=O)c1ccccc1C(C(C)C)C(C)Cl. The van der Waals surface area contributed by atoms with E-state index in [0.717, 1.165) is 5.56 Å². The third kappa shape index (κ3) is 3.96. The second-order valence-corrected chi connectivity index (χ2v) is 8.07. The molecule has 0 saturated heterocycles. The lowest BCUT2D eigenvalue weighted by molar-refractivity contribution is 0.482. The van der Waals surface area contributed by atoms with Gasteiger partial charge in [0, 0.05) is 11.3 Å². The summed E-state index contributed by atoms with van der Waals surface area (Å²) >= 11 is 6.28. The number of hydrogen-bond donors (Lipinski definition) is 0. The van der Waals surface area contributed by atoms with Gasteiger partial charge >= 0.3 is 0 Å². The molecule has 1 rings (SSSR count). The van der Waals surface area contributed by atoms with Crippen LogP contribution in [0.15, 0.2) is 29.2 Å². The van der Waals surface area contributed by atoms with Crippen LogP contribution in [-0.4, -0.2) is 19.5 Å². The maximum absolute atomic E-state index is 12.4. The average molecular weight is 303 g/mol. The molecule has 0 saturated carbocycles. The zero-order chi connectivity index (χ0) is 14.6. The Hall–Kier alpha value is -0.540. The Morgan fingerprint density at radius 2 is 1.74 bits per heavy atom. The molecule has 19 heavy (non-hydrogen) atoms. The topological polar surface area (TPSA) is 34.1 Å². The van der Waals surface area contributed by atoms with E-state index in [0.29, 0.717) is 17.2 Å². The predicted octanol–water partition coefficient (Wildman–Crippen LogP) is 4.24. The number of rotatable bonds is 6. The van der Waals surface area contributed by atoms with Crippen molar-refractivity contribution >= 4 is 21.4 Å². The molecule has 0 aliphatic carbocycles. The van der Waals surface area contributed by atoms with Crippen molar-refractivity contribution in [1.29, 1.82) is 0 Å². The van der Waals surface area contributed by atoms with Crippen LogP contribution < -0.4 is 0 Å². The van der Waals surface area contributed by atoms with Crippen molar-refractivity contribution in [2.24, 2.45) is 5.92 Å². The van der Waals surface area contributed by atoms with Crippen molar-refractivity contribution in [3.63, 3.8) is 0 Å². The Bertz CT molecular complexity index is 499. The van der Waals surface area contributed by atoms with Crippen LogP contribution in [-0.2, 0) is 9.84 Å². The fraction of sp³-hybridized carbons (Fsp3) is 0.600. The summed E-state index contributed by atoms with van der Waals surface area (Å²) in [4.78, 5) is 0.447. The lowest BCUT2D eigenvalue weighted by Gasteiger charge is -2.26. The van der Waals surface area contributed by atoms with Crippen molar-refractivity contribution in [3.8, 4) is 0 Å². The molecule has 0 amide bonds. The number of alkyl halides is 1. The summed E-state index contributed by atoms with van der Waals surface area (Å²) in [6.07, 6.45) is 0.624. The first-order valence-corrected chi connectivity index (χ1v) is 8.85. The summed E-state index contributed by atoms with van der Waals surface area (Å²) < 4.78 is 24.7. The van der Waals surface area contributed by atoms with Gasteiger partial charge < -0.3 is 0 Å². The van der Waals surface area contributed by atoms with E-state index in [1.165, 1.54) is 0 Å². The number of benzene rings is 1. The van der Waals surface area contributed by atoms with Crippen molar-refractivity contribution in [3.05, 3.63) is 29.8 Å². The monoisotopic (exact) mass is 302 g/mol.